The van der Waals surface area contributed by atoms with Gasteiger partial charge in [0.25, 0.3) is 11.5 Å². The summed E-state index contributed by atoms with van der Waals surface area (Å²) in [5.41, 5.74) is 1.09. The van der Waals surface area contributed by atoms with Crippen LogP contribution < -0.4 is 10.9 Å². The monoisotopic (exact) mass is 366 g/mol. The Balaban J connectivity index is 1.96. The first-order valence-corrected chi connectivity index (χ1v) is 9.33. The van der Waals surface area contributed by atoms with Crippen molar-refractivity contribution in [1.82, 2.24) is 14.9 Å². The van der Waals surface area contributed by atoms with Gasteiger partial charge in [0.15, 0.2) is 0 Å². The van der Waals surface area contributed by atoms with E-state index in [-0.39, 0.29) is 16.9 Å². The van der Waals surface area contributed by atoms with Gasteiger partial charge >= 0.3 is 0 Å². The molecule has 6 heteroatoms. The van der Waals surface area contributed by atoms with Crippen LogP contribution in [-0.4, -0.2) is 28.3 Å². The van der Waals surface area contributed by atoms with Gasteiger partial charge in [0.1, 0.15) is 11.7 Å². The molecule has 1 aromatic heterocycles. The lowest BCUT2D eigenvalue weighted by atomic mass is 9.85. The molecule has 27 heavy (non-hydrogen) atoms. The van der Waals surface area contributed by atoms with Crippen LogP contribution in [0, 0.1) is 5.41 Å². The van der Waals surface area contributed by atoms with Crippen molar-refractivity contribution in [2.75, 3.05) is 7.05 Å². The highest BCUT2D eigenvalue weighted by atomic mass is 16.1. The normalized spacial score (nSPS) is 16.5. The largest absolute Gasteiger partial charge is 0.307 e. The third-order valence-corrected chi connectivity index (χ3v) is 4.90. The molecule has 2 heterocycles. The number of aliphatic imine (C=N–C) groups is 1. The van der Waals surface area contributed by atoms with Crippen molar-refractivity contribution in [2.24, 2.45) is 10.4 Å². The number of carbonyl (C=O) groups is 1. The molecule has 0 saturated heterocycles. The van der Waals surface area contributed by atoms with Crippen LogP contribution in [0.1, 0.15) is 49.8 Å². The van der Waals surface area contributed by atoms with Gasteiger partial charge in [-0.15, -0.1) is 0 Å². The fourth-order valence-corrected chi connectivity index (χ4v) is 3.31. The van der Waals surface area contributed by atoms with Gasteiger partial charge in [0, 0.05) is 25.6 Å². The standard InChI is InChI=1S/C21H26N4O2/c1-5-6-7-17(22-4)24-19(26)14-8-9-15-16(12-14)23-18-10-11-21(2,3)13-25(18)20(15)27/h6-9,12H,5,10-11,13H2,1-4H3,(H,22,24,26)/b7-6-. The SMILES string of the molecule is CC/C=C\C(=NC)NC(=O)c1ccc2c(=O)n3c(nc2c1)CCC(C)(C)C3. The summed E-state index contributed by atoms with van der Waals surface area (Å²) in [6.45, 7) is 7.02. The molecule has 0 atom stereocenters. The minimum absolute atomic E-state index is 0.0311. The second kappa shape index (κ2) is 7.47. The fourth-order valence-electron chi connectivity index (χ4n) is 3.31. The summed E-state index contributed by atoms with van der Waals surface area (Å²) in [7, 11) is 1.63. The number of hydrogen-bond acceptors (Lipinski definition) is 4. The molecule has 0 bridgehead atoms. The van der Waals surface area contributed by atoms with E-state index >= 15 is 0 Å². The minimum Gasteiger partial charge on any atom is -0.307 e. The first-order chi connectivity index (χ1) is 12.8. The highest BCUT2D eigenvalue weighted by Crippen LogP contribution is 2.29. The molecular weight excluding hydrogens is 340 g/mol. The lowest BCUT2D eigenvalue weighted by Gasteiger charge is -2.31. The second-order valence-corrected chi connectivity index (χ2v) is 7.69. The maximum absolute atomic E-state index is 12.9. The first-order valence-electron chi connectivity index (χ1n) is 9.33. The Hall–Kier alpha value is -2.76. The van der Waals surface area contributed by atoms with E-state index in [0.29, 0.717) is 28.8 Å². The Kier molecular flexibility index (Phi) is 5.26. The fraction of sp³-hybridized carbons (Fsp3) is 0.429. The van der Waals surface area contributed by atoms with E-state index in [1.54, 1.807) is 35.9 Å². The minimum atomic E-state index is -0.265. The summed E-state index contributed by atoms with van der Waals surface area (Å²) in [6, 6.07) is 5.04. The molecule has 142 valence electrons. The zero-order valence-corrected chi connectivity index (χ0v) is 16.4. The molecule has 2 aromatic rings. The van der Waals surface area contributed by atoms with Crippen LogP contribution in [0.3, 0.4) is 0 Å². The number of nitrogens with zero attached hydrogens (tertiary/aromatic N) is 3. The van der Waals surface area contributed by atoms with Crippen molar-refractivity contribution < 1.29 is 4.79 Å². The van der Waals surface area contributed by atoms with E-state index in [1.165, 1.54) is 0 Å². The Morgan fingerprint density at radius 3 is 2.89 bits per heavy atom. The second-order valence-electron chi connectivity index (χ2n) is 7.69. The number of hydrogen-bond donors (Lipinski definition) is 1. The predicted molar refractivity (Wildman–Crippen MR) is 108 cm³/mol. The van der Waals surface area contributed by atoms with E-state index in [9.17, 15) is 9.59 Å². The van der Waals surface area contributed by atoms with E-state index in [1.807, 2.05) is 13.0 Å². The van der Waals surface area contributed by atoms with Gasteiger partial charge in [-0.3, -0.25) is 19.1 Å². The van der Waals surface area contributed by atoms with Crippen LogP contribution in [0.15, 0.2) is 40.1 Å². The number of benzene rings is 1. The van der Waals surface area contributed by atoms with Gasteiger partial charge in [0.2, 0.25) is 0 Å². The van der Waals surface area contributed by atoms with E-state index in [2.05, 4.69) is 29.1 Å². The van der Waals surface area contributed by atoms with Gasteiger partial charge in [0.05, 0.1) is 10.9 Å². The molecule has 3 rings (SSSR count). The first kappa shape index (κ1) is 19.0. The van der Waals surface area contributed by atoms with Gasteiger partial charge < -0.3 is 5.32 Å². The average Bonchev–Trinajstić information content (AvgIpc) is 2.65. The number of aromatic nitrogens is 2. The van der Waals surface area contributed by atoms with Crippen LogP contribution in [0.5, 0.6) is 0 Å². The summed E-state index contributed by atoms with van der Waals surface area (Å²) in [5.74, 6) is 1.03. The summed E-state index contributed by atoms with van der Waals surface area (Å²) in [6.07, 6.45) is 6.33. The molecule has 0 aliphatic carbocycles. The molecule has 1 aliphatic rings. The number of allylic oxidation sites excluding steroid dienone is 1. The average molecular weight is 366 g/mol. The van der Waals surface area contributed by atoms with Crippen LogP contribution in [-0.2, 0) is 13.0 Å². The van der Waals surface area contributed by atoms with Crippen molar-refractivity contribution in [2.45, 2.75) is 46.6 Å². The third-order valence-electron chi connectivity index (χ3n) is 4.90. The molecule has 0 fully saturated rings. The quantitative estimate of drug-likeness (QED) is 0.670. The predicted octanol–water partition coefficient (Wildman–Crippen LogP) is 3.09. The van der Waals surface area contributed by atoms with Crippen molar-refractivity contribution in [3.63, 3.8) is 0 Å². The number of carbonyl (C=O) groups excluding carboxylic acids is 1. The topological polar surface area (TPSA) is 76.3 Å². The number of rotatable bonds is 3. The van der Waals surface area contributed by atoms with Crippen LogP contribution in [0.2, 0.25) is 0 Å². The maximum atomic E-state index is 12.9. The molecule has 1 aliphatic heterocycles. The molecule has 1 amide bonds. The molecule has 6 nitrogen and oxygen atoms in total. The van der Waals surface area contributed by atoms with Crippen LogP contribution in [0.4, 0.5) is 0 Å². The zero-order chi connectivity index (χ0) is 19.6. The van der Waals surface area contributed by atoms with E-state index in [4.69, 9.17) is 0 Å². The highest BCUT2D eigenvalue weighted by molar-refractivity contribution is 6.11. The van der Waals surface area contributed by atoms with Gasteiger partial charge in [-0.1, -0.05) is 26.8 Å². The van der Waals surface area contributed by atoms with Crippen molar-refractivity contribution >= 4 is 22.6 Å². The molecule has 1 aromatic carbocycles. The number of fused-ring (bicyclic) bond motifs is 2. The maximum Gasteiger partial charge on any atom is 0.261 e. The van der Waals surface area contributed by atoms with Gasteiger partial charge in [-0.05, 0) is 42.5 Å². The van der Waals surface area contributed by atoms with Crippen LogP contribution in [0.25, 0.3) is 10.9 Å². The smallest absolute Gasteiger partial charge is 0.261 e. The number of aryl methyl sites for hydroxylation is 1. The summed E-state index contributed by atoms with van der Waals surface area (Å²) in [5, 5.41) is 3.33. The molecule has 0 saturated carbocycles. The molecule has 1 N–H and O–H groups in total. The molecule has 0 unspecified atom stereocenters. The molecule has 0 spiro atoms. The van der Waals surface area contributed by atoms with Crippen molar-refractivity contribution in [1.29, 1.82) is 0 Å². The number of nitrogens with one attached hydrogen (secondary N) is 1. The number of amidine groups is 1. The van der Waals surface area contributed by atoms with Gasteiger partial charge in [-0.25, -0.2) is 4.98 Å². The Bertz CT molecular complexity index is 999. The molecule has 0 radical (unpaired) electrons. The Morgan fingerprint density at radius 1 is 1.41 bits per heavy atom. The zero-order valence-electron chi connectivity index (χ0n) is 16.4. The van der Waals surface area contributed by atoms with Gasteiger partial charge in [-0.2, -0.15) is 0 Å². The van der Waals surface area contributed by atoms with E-state index < -0.39 is 0 Å². The summed E-state index contributed by atoms with van der Waals surface area (Å²) < 4.78 is 1.78. The van der Waals surface area contributed by atoms with Crippen LogP contribution >= 0.6 is 0 Å². The van der Waals surface area contributed by atoms with Crippen molar-refractivity contribution in [3.8, 4) is 0 Å². The highest BCUT2D eigenvalue weighted by Gasteiger charge is 2.27. The number of amides is 1. The van der Waals surface area contributed by atoms with Crippen molar-refractivity contribution in [3.05, 3.63) is 52.1 Å². The van der Waals surface area contributed by atoms with E-state index in [0.717, 1.165) is 25.1 Å². The Morgan fingerprint density at radius 2 is 2.19 bits per heavy atom. The summed E-state index contributed by atoms with van der Waals surface area (Å²) in [4.78, 5) is 34.2. The third kappa shape index (κ3) is 3.99. The lowest BCUT2D eigenvalue weighted by Crippen LogP contribution is -2.36. The summed E-state index contributed by atoms with van der Waals surface area (Å²) >= 11 is 0. The molecular formula is C21H26N4O2. The lowest BCUT2D eigenvalue weighted by molar-refractivity contribution is 0.0977. The Labute approximate surface area is 159 Å².